The number of rotatable bonds is 5. The van der Waals surface area contributed by atoms with Gasteiger partial charge in [-0.1, -0.05) is 24.3 Å². The van der Waals surface area contributed by atoms with Gasteiger partial charge < -0.3 is 5.32 Å². The number of halogens is 2. The van der Waals surface area contributed by atoms with Crippen LogP contribution >= 0.6 is 0 Å². The largest absolute Gasteiger partial charge is 0.350 e. The molecule has 2 aromatic carbocycles. The van der Waals surface area contributed by atoms with Gasteiger partial charge in [-0.05, 0) is 57.4 Å². The number of amides is 1. The highest BCUT2D eigenvalue weighted by Crippen LogP contribution is 2.25. The Hall–Kier alpha value is -3.06. The molecule has 0 unspecified atom stereocenters. The molecule has 1 aliphatic rings. The number of benzene rings is 2. The molecule has 1 amide bonds. The van der Waals surface area contributed by atoms with Gasteiger partial charge in [0.1, 0.15) is 11.5 Å². The lowest BCUT2D eigenvalue weighted by atomic mass is 9.94. The van der Waals surface area contributed by atoms with Crippen molar-refractivity contribution in [2.75, 3.05) is 13.1 Å². The number of nitrogens with one attached hydrogen (secondary N) is 1. The van der Waals surface area contributed by atoms with Crippen molar-refractivity contribution in [3.8, 4) is 5.69 Å². The second-order valence-electron chi connectivity index (χ2n) is 8.99. The van der Waals surface area contributed by atoms with Gasteiger partial charge in [0, 0.05) is 31.2 Å². The molecule has 0 atom stereocenters. The number of hydrogen-bond acceptors (Lipinski definition) is 3. The molecular weight excluding hydrogens is 410 g/mol. The quantitative estimate of drug-likeness (QED) is 0.645. The third-order valence-corrected chi connectivity index (χ3v) is 6.32. The molecule has 1 aromatic heterocycles. The minimum atomic E-state index is -0.728. The van der Waals surface area contributed by atoms with Crippen LogP contribution in [0.4, 0.5) is 8.78 Å². The molecule has 0 radical (unpaired) electrons. The van der Waals surface area contributed by atoms with Gasteiger partial charge in [0.15, 0.2) is 5.82 Å². The first-order valence-corrected chi connectivity index (χ1v) is 10.8. The fraction of sp³-hybridized carbons (Fsp3) is 0.360. The van der Waals surface area contributed by atoms with Gasteiger partial charge in [-0.25, -0.2) is 13.5 Å². The second kappa shape index (κ2) is 8.47. The average Bonchev–Trinajstić information content (AvgIpc) is 3.05. The molecule has 3 aromatic rings. The van der Waals surface area contributed by atoms with Gasteiger partial charge >= 0.3 is 0 Å². The van der Waals surface area contributed by atoms with Crippen LogP contribution in [0, 0.1) is 25.5 Å². The molecule has 0 fully saturated rings. The average molecular weight is 439 g/mol. The fourth-order valence-corrected chi connectivity index (χ4v) is 4.37. The van der Waals surface area contributed by atoms with E-state index in [0.717, 1.165) is 25.6 Å². The zero-order valence-corrected chi connectivity index (χ0v) is 18.9. The van der Waals surface area contributed by atoms with Crippen LogP contribution in [0.2, 0.25) is 0 Å². The van der Waals surface area contributed by atoms with E-state index < -0.39 is 11.6 Å². The highest BCUT2D eigenvalue weighted by atomic mass is 19.1. The first-order chi connectivity index (χ1) is 15.2. The highest BCUT2D eigenvalue weighted by molar-refractivity contribution is 5.96. The summed E-state index contributed by atoms with van der Waals surface area (Å²) < 4.78 is 28.9. The summed E-state index contributed by atoms with van der Waals surface area (Å²) in [7, 11) is 0. The molecule has 1 N–H and O–H groups in total. The third kappa shape index (κ3) is 4.17. The predicted molar refractivity (Wildman–Crippen MR) is 120 cm³/mol. The molecule has 7 heteroatoms. The maximum Gasteiger partial charge on any atom is 0.255 e. The molecule has 0 bridgehead atoms. The van der Waals surface area contributed by atoms with Crippen molar-refractivity contribution >= 4 is 5.91 Å². The Kier molecular flexibility index (Phi) is 5.86. The van der Waals surface area contributed by atoms with Crippen molar-refractivity contribution in [1.82, 2.24) is 20.0 Å². The number of aromatic nitrogens is 2. The van der Waals surface area contributed by atoms with E-state index in [1.54, 1.807) is 13.8 Å². The van der Waals surface area contributed by atoms with Crippen molar-refractivity contribution in [2.24, 2.45) is 0 Å². The molecule has 4 rings (SSSR count). The van der Waals surface area contributed by atoms with E-state index in [1.165, 1.54) is 27.9 Å². The topological polar surface area (TPSA) is 50.2 Å². The molecule has 1 aliphatic heterocycles. The molecular formula is C25H28F2N4O. The van der Waals surface area contributed by atoms with E-state index in [2.05, 4.69) is 53.4 Å². The first kappa shape index (κ1) is 22.1. The Bertz CT molecular complexity index is 1170. The molecule has 32 heavy (non-hydrogen) atoms. The zero-order valence-electron chi connectivity index (χ0n) is 18.9. The molecule has 0 aliphatic carbocycles. The standard InChI is InChI=1S/C25H28F2N4O/c1-16-23(17(2)31(29-16)22-10-9-20(26)13-21(22)27)24(32)28-15-25(3,4)30-12-11-18-7-5-6-8-19(18)14-30/h5-10,13H,11-12,14-15H2,1-4H3,(H,28,32). The summed E-state index contributed by atoms with van der Waals surface area (Å²) in [5.74, 6) is -1.64. The van der Waals surface area contributed by atoms with Gasteiger partial charge in [-0.2, -0.15) is 5.10 Å². The van der Waals surface area contributed by atoms with Crippen molar-refractivity contribution in [2.45, 2.75) is 46.2 Å². The number of aryl methyl sites for hydroxylation is 1. The van der Waals surface area contributed by atoms with Gasteiger partial charge in [0.25, 0.3) is 5.91 Å². The number of carbonyl (C=O) groups is 1. The van der Waals surface area contributed by atoms with Crippen molar-refractivity contribution in [1.29, 1.82) is 0 Å². The van der Waals surface area contributed by atoms with E-state index in [1.807, 2.05) is 0 Å². The molecule has 2 heterocycles. The van der Waals surface area contributed by atoms with Gasteiger partial charge in [-0.3, -0.25) is 9.69 Å². The van der Waals surface area contributed by atoms with E-state index in [-0.39, 0.29) is 17.1 Å². The predicted octanol–water partition coefficient (Wildman–Crippen LogP) is 4.33. The van der Waals surface area contributed by atoms with Gasteiger partial charge in [0.05, 0.1) is 17.0 Å². The number of fused-ring (bicyclic) bond motifs is 1. The monoisotopic (exact) mass is 438 g/mol. The SMILES string of the molecule is Cc1nn(-c2ccc(F)cc2F)c(C)c1C(=O)NCC(C)(C)N1CCc2ccccc2C1. The van der Waals surface area contributed by atoms with Gasteiger partial charge in [0.2, 0.25) is 0 Å². The lowest BCUT2D eigenvalue weighted by Gasteiger charge is -2.41. The summed E-state index contributed by atoms with van der Waals surface area (Å²) in [5.41, 5.74) is 3.99. The molecule has 0 saturated heterocycles. The molecule has 168 valence electrons. The van der Waals surface area contributed by atoms with E-state index in [4.69, 9.17) is 0 Å². The van der Waals surface area contributed by atoms with Crippen LogP contribution in [0.15, 0.2) is 42.5 Å². The summed E-state index contributed by atoms with van der Waals surface area (Å²) in [6.07, 6.45) is 0.988. The Morgan fingerprint density at radius 1 is 1.12 bits per heavy atom. The van der Waals surface area contributed by atoms with Crippen molar-refractivity contribution in [3.63, 3.8) is 0 Å². The lowest BCUT2D eigenvalue weighted by Crippen LogP contribution is -2.53. The number of carbonyl (C=O) groups excluding carboxylic acids is 1. The number of hydrogen-bond donors (Lipinski definition) is 1. The van der Waals surface area contributed by atoms with Crippen LogP contribution in [0.25, 0.3) is 5.69 Å². The maximum atomic E-state index is 14.3. The Balaban J connectivity index is 1.49. The molecule has 5 nitrogen and oxygen atoms in total. The van der Waals surface area contributed by atoms with Crippen LogP contribution in [0.3, 0.4) is 0 Å². The van der Waals surface area contributed by atoms with Crippen molar-refractivity contribution in [3.05, 3.63) is 82.2 Å². The van der Waals surface area contributed by atoms with E-state index in [0.29, 0.717) is 23.5 Å². The van der Waals surface area contributed by atoms with Crippen LogP contribution in [0.1, 0.15) is 46.7 Å². The third-order valence-electron chi connectivity index (χ3n) is 6.32. The van der Waals surface area contributed by atoms with Crippen LogP contribution in [-0.4, -0.2) is 39.2 Å². The minimum Gasteiger partial charge on any atom is -0.350 e. The zero-order chi connectivity index (χ0) is 23.0. The van der Waals surface area contributed by atoms with E-state index >= 15 is 0 Å². The highest BCUT2D eigenvalue weighted by Gasteiger charge is 2.31. The Morgan fingerprint density at radius 3 is 2.56 bits per heavy atom. The summed E-state index contributed by atoms with van der Waals surface area (Å²) in [4.78, 5) is 15.4. The van der Waals surface area contributed by atoms with Crippen LogP contribution in [-0.2, 0) is 13.0 Å². The summed E-state index contributed by atoms with van der Waals surface area (Å²) >= 11 is 0. The maximum absolute atomic E-state index is 14.3. The smallest absolute Gasteiger partial charge is 0.255 e. The van der Waals surface area contributed by atoms with Crippen molar-refractivity contribution < 1.29 is 13.6 Å². The summed E-state index contributed by atoms with van der Waals surface area (Å²) in [6.45, 7) is 9.91. The van der Waals surface area contributed by atoms with Crippen LogP contribution < -0.4 is 5.32 Å². The van der Waals surface area contributed by atoms with Crippen LogP contribution in [0.5, 0.6) is 0 Å². The Labute approximate surface area is 187 Å². The Morgan fingerprint density at radius 2 is 1.84 bits per heavy atom. The van der Waals surface area contributed by atoms with Gasteiger partial charge in [-0.15, -0.1) is 0 Å². The molecule has 0 saturated carbocycles. The summed E-state index contributed by atoms with van der Waals surface area (Å²) in [6, 6.07) is 11.8. The van der Waals surface area contributed by atoms with E-state index in [9.17, 15) is 13.6 Å². The first-order valence-electron chi connectivity index (χ1n) is 10.8. The molecule has 0 spiro atoms. The summed E-state index contributed by atoms with van der Waals surface area (Å²) in [5, 5.41) is 7.38. The fourth-order valence-electron chi connectivity index (χ4n) is 4.37. The minimum absolute atomic E-state index is 0.110. The lowest BCUT2D eigenvalue weighted by molar-refractivity contribution is 0.0825. The number of nitrogens with zero attached hydrogens (tertiary/aromatic N) is 3. The second-order valence-corrected chi connectivity index (χ2v) is 8.99. The normalized spacial score (nSPS) is 14.3.